The van der Waals surface area contributed by atoms with Crippen molar-refractivity contribution in [1.29, 1.82) is 0 Å². The number of thiazole rings is 1. The quantitative estimate of drug-likeness (QED) is 0.150. The smallest absolute Gasteiger partial charge is 0.417 e. The molecule has 42 heavy (non-hydrogen) atoms. The average Bonchev–Trinajstić information content (AvgIpc) is 3.67. The zero-order valence-corrected chi connectivity index (χ0v) is 23.0. The Hall–Kier alpha value is -3.78. The maximum absolute atomic E-state index is 14.2. The van der Waals surface area contributed by atoms with Gasteiger partial charge in [-0.05, 0) is 53.6 Å². The molecule has 1 saturated carbocycles. The van der Waals surface area contributed by atoms with Crippen LogP contribution in [0.4, 0.5) is 36.4 Å². The molecule has 5 nitrogen and oxygen atoms in total. The molecule has 5 rings (SSSR count). The fourth-order valence-corrected chi connectivity index (χ4v) is 5.98. The lowest BCUT2D eigenvalue weighted by Crippen LogP contribution is -2.10. The second-order valence-electron chi connectivity index (χ2n) is 9.37. The minimum atomic E-state index is -4.90. The largest absolute Gasteiger partial charge is 0.495 e. The van der Waals surface area contributed by atoms with E-state index < -0.39 is 40.8 Å². The van der Waals surface area contributed by atoms with Gasteiger partial charge in [0.05, 0.1) is 29.5 Å². The van der Waals surface area contributed by atoms with Crippen LogP contribution in [0, 0.1) is 5.82 Å². The van der Waals surface area contributed by atoms with Gasteiger partial charge in [-0.1, -0.05) is 24.3 Å². The van der Waals surface area contributed by atoms with Gasteiger partial charge in [0.15, 0.2) is 0 Å². The van der Waals surface area contributed by atoms with Crippen molar-refractivity contribution in [2.24, 2.45) is 0 Å². The molecule has 0 saturated heterocycles. The van der Waals surface area contributed by atoms with E-state index in [1.54, 1.807) is 0 Å². The summed E-state index contributed by atoms with van der Waals surface area (Å²) in [4.78, 5) is 15.4. The number of carbonyl (C=O) groups is 1. The maximum atomic E-state index is 14.2. The molecule has 0 unspecified atom stereocenters. The highest BCUT2D eigenvalue weighted by Gasteiger charge is 2.38. The molecule has 1 heterocycles. The highest BCUT2D eigenvalue weighted by Crippen LogP contribution is 2.46. The lowest BCUT2D eigenvalue weighted by Gasteiger charge is -2.17. The topological polar surface area (TPSA) is 71.5 Å². The molecule has 0 aliphatic heterocycles. The monoisotopic (exact) mass is 628 g/mol. The summed E-state index contributed by atoms with van der Waals surface area (Å²) in [6.45, 7) is 0. The number of nitrogens with one attached hydrogen (secondary N) is 1. The van der Waals surface area contributed by atoms with Gasteiger partial charge < -0.3 is 14.6 Å². The molecule has 1 aliphatic rings. The number of ether oxygens (including phenoxy) is 1. The number of methoxy groups -OCH3 is 1. The van der Waals surface area contributed by atoms with E-state index in [9.17, 15) is 35.5 Å². The highest BCUT2D eigenvalue weighted by atomic mass is 32.2. The molecule has 14 heteroatoms. The van der Waals surface area contributed by atoms with E-state index in [0.29, 0.717) is 11.6 Å². The number of alkyl halides is 6. The van der Waals surface area contributed by atoms with Crippen molar-refractivity contribution < 1.29 is 45.4 Å². The van der Waals surface area contributed by atoms with Gasteiger partial charge in [0.1, 0.15) is 21.6 Å². The average molecular weight is 629 g/mol. The third-order valence-electron chi connectivity index (χ3n) is 6.53. The Bertz CT molecular complexity index is 1660. The molecule has 4 aromatic rings. The van der Waals surface area contributed by atoms with Gasteiger partial charge in [-0.15, -0.1) is 11.3 Å². The summed E-state index contributed by atoms with van der Waals surface area (Å²) in [6.07, 6.45) is -8.11. The Morgan fingerprint density at radius 3 is 2.29 bits per heavy atom. The molecule has 1 aliphatic carbocycles. The number of rotatable bonds is 8. The molecule has 3 aromatic carbocycles. The van der Waals surface area contributed by atoms with Crippen LogP contribution in [0.25, 0.3) is 21.7 Å². The molecule has 0 bridgehead atoms. The summed E-state index contributed by atoms with van der Waals surface area (Å²) in [6, 6.07) is 8.63. The van der Waals surface area contributed by atoms with Crippen LogP contribution in [0.3, 0.4) is 0 Å². The van der Waals surface area contributed by atoms with Crippen molar-refractivity contribution in [3.05, 3.63) is 82.0 Å². The van der Waals surface area contributed by atoms with Gasteiger partial charge in [-0.25, -0.2) is 14.2 Å². The van der Waals surface area contributed by atoms with E-state index in [2.05, 4.69) is 9.71 Å². The van der Waals surface area contributed by atoms with Crippen LogP contribution in [0.15, 0.2) is 58.9 Å². The van der Waals surface area contributed by atoms with Crippen molar-refractivity contribution in [2.75, 3.05) is 11.8 Å². The Morgan fingerprint density at radius 1 is 1.00 bits per heavy atom. The van der Waals surface area contributed by atoms with Crippen LogP contribution in [0.2, 0.25) is 0 Å². The van der Waals surface area contributed by atoms with Crippen LogP contribution in [-0.4, -0.2) is 23.2 Å². The van der Waals surface area contributed by atoms with Crippen molar-refractivity contribution in [1.82, 2.24) is 4.98 Å². The Kier molecular flexibility index (Phi) is 7.88. The number of carboxylic acids is 1. The summed E-state index contributed by atoms with van der Waals surface area (Å²) >= 11 is 1.69. The lowest BCUT2D eigenvalue weighted by atomic mass is 9.93. The van der Waals surface area contributed by atoms with Crippen LogP contribution >= 0.6 is 23.3 Å². The zero-order valence-electron chi connectivity index (χ0n) is 21.4. The summed E-state index contributed by atoms with van der Waals surface area (Å²) in [5.41, 5.74) is -3.07. The number of anilines is 1. The Labute approximate surface area is 242 Å². The molecule has 1 fully saturated rings. The number of halogens is 7. The van der Waals surface area contributed by atoms with E-state index in [1.165, 1.54) is 30.7 Å². The maximum Gasteiger partial charge on any atom is 0.417 e. The molecule has 0 atom stereocenters. The summed E-state index contributed by atoms with van der Waals surface area (Å²) in [5.74, 6) is -2.49. The third-order valence-corrected chi connectivity index (χ3v) is 8.30. The number of hydrogen-bond donors (Lipinski definition) is 2. The first-order valence-corrected chi connectivity index (χ1v) is 13.9. The molecule has 220 valence electrons. The molecule has 0 amide bonds. The van der Waals surface area contributed by atoms with E-state index in [0.717, 1.165) is 60.4 Å². The first kappa shape index (κ1) is 29.7. The number of aromatic nitrogens is 1. The normalized spacial score (nSPS) is 13.7. The van der Waals surface area contributed by atoms with Crippen molar-refractivity contribution in [2.45, 2.75) is 36.1 Å². The summed E-state index contributed by atoms with van der Waals surface area (Å²) < 4.78 is 106. The minimum Gasteiger partial charge on any atom is -0.495 e. The molecule has 0 radical (unpaired) electrons. The van der Waals surface area contributed by atoms with Crippen LogP contribution in [0.5, 0.6) is 5.75 Å². The first-order valence-electron chi connectivity index (χ1n) is 12.2. The van der Waals surface area contributed by atoms with Gasteiger partial charge in [-0.2, -0.15) is 26.3 Å². The van der Waals surface area contributed by atoms with E-state index in [-0.39, 0.29) is 44.1 Å². The molecule has 1 aromatic heterocycles. The van der Waals surface area contributed by atoms with Crippen LogP contribution in [-0.2, 0) is 12.4 Å². The van der Waals surface area contributed by atoms with Gasteiger partial charge in [-0.3, -0.25) is 0 Å². The molecular formula is C28H19F7N2O3S2. The number of carboxylic acid groups (broad SMARTS) is 1. The standard InChI is InChI=1S/C28H19F7N2O3S2/c1-40-23-10-18(26(38)39)21(29)11-22(23)37-42-24-12-41-25(36-24)17-7-5-15(9-20(17)28(33,34)35)16-6-4-14(13-2-3-13)8-19(16)27(30,31)32/h4-13,37H,2-3H2,1H3,(H,38,39). The van der Waals surface area contributed by atoms with Crippen molar-refractivity contribution in [3.8, 4) is 27.4 Å². The molecule has 2 N–H and O–H groups in total. The van der Waals surface area contributed by atoms with Crippen molar-refractivity contribution in [3.63, 3.8) is 0 Å². The molecular weight excluding hydrogens is 609 g/mol. The fraction of sp³-hybridized carbons (Fsp3) is 0.214. The molecule has 0 spiro atoms. The zero-order chi connectivity index (χ0) is 30.4. The lowest BCUT2D eigenvalue weighted by molar-refractivity contribution is -0.137. The van der Waals surface area contributed by atoms with Gasteiger partial charge in [0.25, 0.3) is 0 Å². The fourth-order valence-electron chi connectivity index (χ4n) is 4.35. The summed E-state index contributed by atoms with van der Waals surface area (Å²) in [5, 5.41) is 10.7. The second-order valence-corrected chi connectivity index (χ2v) is 11.1. The Morgan fingerprint density at radius 2 is 1.67 bits per heavy atom. The number of hydrogen-bond acceptors (Lipinski definition) is 6. The summed E-state index contributed by atoms with van der Waals surface area (Å²) in [7, 11) is 1.25. The van der Waals surface area contributed by atoms with Gasteiger partial charge in [0, 0.05) is 29.0 Å². The highest BCUT2D eigenvalue weighted by molar-refractivity contribution is 8.00. The van der Waals surface area contributed by atoms with E-state index in [4.69, 9.17) is 9.84 Å². The number of benzene rings is 3. The van der Waals surface area contributed by atoms with Crippen LogP contribution in [0.1, 0.15) is 45.8 Å². The predicted octanol–water partition coefficient (Wildman–Crippen LogP) is 9.36. The minimum absolute atomic E-state index is 0.00934. The van der Waals surface area contributed by atoms with E-state index in [1.807, 2.05) is 0 Å². The van der Waals surface area contributed by atoms with Crippen LogP contribution < -0.4 is 9.46 Å². The van der Waals surface area contributed by atoms with Gasteiger partial charge >= 0.3 is 18.3 Å². The Balaban J connectivity index is 1.45. The van der Waals surface area contributed by atoms with E-state index >= 15 is 0 Å². The number of aromatic carboxylic acids is 1. The first-order chi connectivity index (χ1) is 19.8. The number of nitrogens with zero attached hydrogens (tertiary/aromatic N) is 1. The third kappa shape index (κ3) is 6.19. The predicted molar refractivity (Wildman–Crippen MR) is 144 cm³/mol. The van der Waals surface area contributed by atoms with Gasteiger partial charge in [0.2, 0.25) is 0 Å². The SMILES string of the molecule is COc1cc(C(=O)O)c(F)cc1NSc1csc(-c2ccc(-c3ccc(C4CC4)cc3C(F)(F)F)cc2C(F)(F)F)n1. The van der Waals surface area contributed by atoms with Crippen molar-refractivity contribution >= 4 is 34.9 Å². The second kappa shape index (κ2) is 11.1.